The van der Waals surface area contributed by atoms with E-state index in [1.54, 1.807) is 18.4 Å². The van der Waals surface area contributed by atoms with E-state index in [0.29, 0.717) is 0 Å². The van der Waals surface area contributed by atoms with Gasteiger partial charge in [-0.1, -0.05) is 6.07 Å². The second kappa shape index (κ2) is 5.53. The maximum atomic E-state index is 6.16. The molecule has 0 bridgehead atoms. The Morgan fingerprint density at radius 2 is 1.77 bits per heavy atom. The monoisotopic (exact) mass is 320 g/mol. The van der Waals surface area contributed by atoms with Gasteiger partial charge in [0.1, 0.15) is 5.75 Å². The van der Waals surface area contributed by atoms with Gasteiger partial charge >= 0.3 is 7.12 Å². The van der Waals surface area contributed by atoms with Crippen LogP contribution < -0.4 is 10.2 Å². The number of methoxy groups -OCH3 is 1. The summed E-state index contributed by atoms with van der Waals surface area (Å²) in [6.07, 6.45) is 0. The van der Waals surface area contributed by atoms with Gasteiger partial charge in [-0.25, -0.2) is 0 Å². The standard InChI is InChI=1S/C16H21BO4S/c1-15(2)16(3,4)21-17(20-15)12-6-7-13-11(8-9-22-13)14(12)19-10-18-5/h6-9H,10H2,1-5H3. The van der Waals surface area contributed by atoms with E-state index >= 15 is 0 Å². The van der Waals surface area contributed by atoms with Crippen LogP contribution in [0.25, 0.3) is 10.1 Å². The second-order valence-corrected chi connectivity index (χ2v) is 7.40. The summed E-state index contributed by atoms with van der Waals surface area (Å²) in [6, 6.07) is 6.16. The minimum Gasteiger partial charge on any atom is -0.467 e. The van der Waals surface area contributed by atoms with E-state index in [1.165, 1.54) is 4.70 Å². The molecule has 22 heavy (non-hydrogen) atoms. The highest BCUT2D eigenvalue weighted by atomic mass is 32.1. The predicted octanol–water partition coefficient (Wildman–Crippen LogP) is 3.18. The quantitative estimate of drug-likeness (QED) is 0.640. The zero-order valence-corrected chi connectivity index (χ0v) is 14.5. The lowest BCUT2D eigenvalue weighted by Crippen LogP contribution is -2.41. The van der Waals surface area contributed by atoms with E-state index in [1.807, 2.05) is 33.8 Å². The van der Waals surface area contributed by atoms with Gasteiger partial charge in [0.2, 0.25) is 0 Å². The van der Waals surface area contributed by atoms with E-state index in [-0.39, 0.29) is 18.0 Å². The zero-order valence-electron chi connectivity index (χ0n) is 13.6. The number of ether oxygens (including phenoxy) is 2. The molecule has 0 atom stereocenters. The molecule has 1 aliphatic rings. The molecule has 0 aliphatic carbocycles. The van der Waals surface area contributed by atoms with Crippen molar-refractivity contribution < 1.29 is 18.8 Å². The van der Waals surface area contributed by atoms with Crippen LogP contribution in [0.3, 0.4) is 0 Å². The van der Waals surface area contributed by atoms with Crippen LogP contribution in [-0.4, -0.2) is 32.2 Å². The number of hydrogen-bond donors (Lipinski definition) is 0. The summed E-state index contributed by atoms with van der Waals surface area (Å²) in [5.41, 5.74) is 0.154. The van der Waals surface area contributed by atoms with Gasteiger partial charge in [0, 0.05) is 22.7 Å². The number of thiophene rings is 1. The van der Waals surface area contributed by atoms with Gasteiger partial charge in [0.25, 0.3) is 0 Å². The molecule has 1 fully saturated rings. The van der Waals surface area contributed by atoms with Gasteiger partial charge < -0.3 is 18.8 Å². The first kappa shape index (κ1) is 15.8. The highest BCUT2D eigenvalue weighted by Crippen LogP contribution is 2.38. The molecule has 1 saturated heterocycles. The predicted molar refractivity (Wildman–Crippen MR) is 90.0 cm³/mol. The van der Waals surface area contributed by atoms with E-state index < -0.39 is 7.12 Å². The first-order valence-corrected chi connectivity index (χ1v) is 8.21. The van der Waals surface area contributed by atoms with E-state index in [4.69, 9.17) is 18.8 Å². The van der Waals surface area contributed by atoms with Crippen LogP contribution in [0.1, 0.15) is 27.7 Å². The van der Waals surface area contributed by atoms with Crippen molar-refractivity contribution in [1.29, 1.82) is 0 Å². The molecule has 0 saturated carbocycles. The molecular weight excluding hydrogens is 299 g/mol. The Balaban J connectivity index is 2.03. The highest BCUT2D eigenvalue weighted by molar-refractivity contribution is 7.17. The van der Waals surface area contributed by atoms with Crippen molar-refractivity contribution in [3.8, 4) is 5.75 Å². The van der Waals surface area contributed by atoms with Crippen molar-refractivity contribution >= 4 is 34.0 Å². The van der Waals surface area contributed by atoms with Crippen molar-refractivity contribution in [2.24, 2.45) is 0 Å². The van der Waals surface area contributed by atoms with Crippen LogP contribution in [0.4, 0.5) is 0 Å². The van der Waals surface area contributed by atoms with Crippen LogP contribution in [0.5, 0.6) is 5.75 Å². The molecule has 3 rings (SSSR count). The summed E-state index contributed by atoms with van der Waals surface area (Å²) >= 11 is 1.68. The Bertz CT molecular complexity index is 664. The Morgan fingerprint density at radius 3 is 2.41 bits per heavy atom. The lowest BCUT2D eigenvalue weighted by molar-refractivity contribution is 0.00578. The Labute approximate surface area is 135 Å². The molecule has 6 heteroatoms. The summed E-state index contributed by atoms with van der Waals surface area (Å²) in [4.78, 5) is 0. The second-order valence-electron chi connectivity index (χ2n) is 6.46. The van der Waals surface area contributed by atoms with E-state index in [0.717, 1.165) is 16.6 Å². The molecule has 0 radical (unpaired) electrons. The summed E-state index contributed by atoms with van der Waals surface area (Å²) in [5.74, 6) is 0.777. The van der Waals surface area contributed by atoms with Gasteiger partial charge in [-0.05, 0) is 45.2 Å². The molecule has 1 aromatic heterocycles. The first-order chi connectivity index (χ1) is 10.4. The molecule has 2 heterocycles. The summed E-state index contributed by atoms with van der Waals surface area (Å²) in [7, 11) is 1.17. The van der Waals surface area contributed by atoms with Crippen LogP contribution in [-0.2, 0) is 14.0 Å². The number of rotatable bonds is 4. The Morgan fingerprint density at radius 1 is 1.09 bits per heavy atom. The average molecular weight is 320 g/mol. The molecule has 4 nitrogen and oxygen atoms in total. The molecule has 0 unspecified atom stereocenters. The summed E-state index contributed by atoms with van der Waals surface area (Å²) < 4.78 is 24.4. The number of benzene rings is 1. The molecule has 1 aliphatic heterocycles. The third-order valence-electron chi connectivity index (χ3n) is 4.44. The smallest absolute Gasteiger partial charge is 0.467 e. The Hall–Kier alpha value is -1.08. The average Bonchev–Trinajstić information content (AvgIpc) is 2.98. The highest BCUT2D eigenvalue weighted by Gasteiger charge is 2.52. The minimum atomic E-state index is -0.443. The molecule has 0 N–H and O–H groups in total. The normalized spacial score (nSPS) is 19.8. The lowest BCUT2D eigenvalue weighted by Gasteiger charge is -2.32. The number of hydrogen-bond acceptors (Lipinski definition) is 5. The van der Waals surface area contributed by atoms with Crippen molar-refractivity contribution in [2.75, 3.05) is 13.9 Å². The third-order valence-corrected chi connectivity index (χ3v) is 5.33. The maximum absolute atomic E-state index is 6.16. The largest absolute Gasteiger partial charge is 0.498 e. The molecule has 1 aromatic carbocycles. The van der Waals surface area contributed by atoms with Gasteiger partial charge in [-0.3, -0.25) is 0 Å². The van der Waals surface area contributed by atoms with Crippen LogP contribution >= 0.6 is 11.3 Å². The summed E-state index contributed by atoms with van der Waals surface area (Å²) in [6.45, 7) is 8.39. The van der Waals surface area contributed by atoms with Gasteiger partial charge in [-0.15, -0.1) is 11.3 Å². The van der Waals surface area contributed by atoms with E-state index in [2.05, 4.69) is 17.5 Å². The van der Waals surface area contributed by atoms with Crippen molar-refractivity contribution in [2.45, 2.75) is 38.9 Å². The van der Waals surface area contributed by atoms with Crippen LogP contribution in [0.15, 0.2) is 23.6 Å². The summed E-state index contributed by atoms with van der Waals surface area (Å²) in [5, 5.41) is 3.12. The fourth-order valence-electron chi connectivity index (χ4n) is 2.47. The molecule has 0 spiro atoms. The molecule has 118 valence electrons. The zero-order chi connectivity index (χ0) is 16.0. The fraction of sp³-hybridized carbons (Fsp3) is 0.500. The van der Waals surface area contributed by atoms with Gasteiger partial charge in [0.05, 0.1) is 11.2 Å². The van der Waals surface area contributed by atoms with Crippen molar-refractivity contribution in [3.63, 3.8) is 0 Å². The SMILES string of the molecule is COCOc1c(B2OC(C)(C)C(C)(C)O2)ccc2sccc12. The Kier molecular flexibility index (Phi) is 3.97. The van der Waals surface area contributed by atoms with Gasteiger partial charge in [-0.2, -0.15) is 0 Å². The third kappa shape index (κ3) is 2.54. The molecular formula is C16H21BO4S. The van der Waals surface area contributed by atoms with E-state index in [9.17, 15) is 0 Å². The van der Waals surface area contributed by atoms with Crippen molar-refractivity contribution in [3.05, 3.63) is 23.6 Å². The van der Waals surface area contributed by atoms with Gasteiger partial charge in [0.15, 0.2) is 6.79 Å². The topological polar surface area (TPSA) is 36.9 Å². The molecule has 0 amide bonds. The number of fused-ring (bicyclic) bond motifs is 1. The van der Waals surface area contributed by atoms with Crippen LogP contribution in [0.2, 0.25) is 0 Å². The van der Waals surface area contributed by atoms with Crippen LogP contribution in [0, 0.1) is 0 Å². The fourth-order valence-corrected chi connectivity index (χ4v) is 3.25. The van der Waals surface area contributed by atoms with Crippen molar-refractivity contribution in [1.82, 2.24) is 0 Å². The minimum absolute atomic E-state index is 0.196. The molecule has 2 aromatic rings. The lowest BCUT2D eigenvalue weighted by atomic mass is 9.78. The first-order valence-electron chi connectivity index (χ1n) is 7.33. The maximum Gasteiger partial charge on any atom is 0.498 e.